The number of rotatable bonds is 20. The zero-order valence-corrected chi connectivity index (χ0v) is 43.4. The molecule has 8 saturated heterocycles. The summed E-state index contributed by atoms with van der Waals surface area (Å²) in [4.78, 5) is 0. The highest BCUT2D eigenvalue weighted by Gasteiger charge is 2.58. The first-order valence-electron chi connectivity index (χ1n) is 26.4. The lowest BCUT2D eigenvalue weighted by atomic mass is 9.95. The van der Waals surface area contributed by atoms with Crippen molar-refractivity contribution >= 4 is 0 Å². The molecule has 8 rings (SSSR count). The van der Waals surface area contributed by atoms with Gasteiger partial charge in [-0.2, -0.15) is 0 Å². The molecule has 0 amide bonds. The average molecular weight is 1230 g/mol. The van der Waals surface area contributed by atoms with Crippen LogP contribution in [0.5, 0.6) is 0 Å². The van der Waals surface area contributed by atoms with Crippen LogP contribution in [0, 0.1) is 0 Å². The predicted octanol–water partition coefficient (Wildman–Crippen LogP) is -16.5. The molecule has 0 aromatic heterocycles. The molecule has 38 nitrogen and oxygen atoms in total. The largest absolute Gasteiger partial charge is 0.394 e. The van der Waals surface area contributed by atoms with Crippen molar-refractivity contribution in [2.45, 2.75) is 227 Å². The van der Waals surface area contributed by atoms with E-state index in [0.29, 0.717) is 0 Å². The van der Waals surface area contributed by atoms with Crippen molar-refractivity contribution in [3.05, 3.63) is 0 Å². The topological polar surface area (TPSA) is 604 Å². The molecule has 0 aliphatic carbocycles. The van der Waals surface area contributed by atoms with Gasteiger partial charge in [-0.25, -0.2) is 0 Å². The summed E-state index contributed by atoms with van der Waals surface area (Å²) in [5.74, 6) is 0. The second-order valence-corrected chi connectivity index (χ2v) is 21.1. The number of aliphatic hydroxyl groups excluding tert-OH is 23. The van der Waals surface area contributed by atoms with Crippen LogP contribution in [0.1, 0.15) is 0 Å². The van der Waals surface area contributed by atoms with Crippen molar-refractivity contribution in [3.63, 3.8) is 0 Å². The molecule has 37 atom stereocenters. The summed E-state index contributed by atoms with van der Waals surface area (Å²) in [7, 11) is 0. The number of ether oxygens (including phenoxy) is 15. The van der Waals surface area contributed by atoms with Gasteiger partial charge in [0.1, 0.15) is 177 Å². The molecular weight excluding hydrogens is 1150 g/mol. The van der Waals surface area contributed by atoms with Gasteiger partial charge < -0.3 is 189 Å². The molecular formula is C45H76O38. The fourth-order valence-electron chi connectivity index (χ4n) is 10.5. The summed E-state index contributed by atoms with van der Waals surface area (Å²) in [5, 5.41) is 246. The SMILES string of the molecule is OC[C@@H]1O[C@@H](O[C@H]2[C@@H](OC[C@H]3O[C@@H](O[C@H]4[C@H](O)[C@@H](O)[C@H](O[C@H]5[C@H](O)[C@@H](O)C(O)O[C@@H]5CO)O[C@@H]4CO)[C@H](O)[C@@H](O)[C@@H]3O[C@@H]3O[C@H](CO[C@H]4OC[C@@H](O)[C@H](O)[C@H]4O)[C@@H](O[C@@H]4O[C@H](CO)[C@@H](O)[C@H](O)[C@H]4O)[C@H](O)[C@H]3O)OC[C@@H](O)[C@@H]2O)[C@H](O)[C@H]1O. The molecule has 0 aromatic carbocycles. The molecule has 0 aromatic rings. The number of hydrogen-bond donors (Lipinski definition) is 23. The van der Waals surface area contributed by atoms with E-state index in [2.05, 4.69) is 0 Å². The van der Waals surface area contributed by atoms with Crippen LogP contribution in [0.15, 0.2) is 0 Å². The van der Waals surface area contributed by atoms with E-state index in [1.165, 1.54) is 0 Å². The Bertz CT molecular complexity index is 1970. The standard InChI is InChI=1S/C45H76O38/c46-1-11-19(54)21(56)29(64)41(74-11)81-35-15(7-71-39-27(62)17(52)9(50)5-69-39)77-44(32(67)25(35)60)82-36-16(8-72-45-37(18(53)10(51)6-70-45)83-40-28(63)20(55)12(2-47)75-40)78-43(31(66)24(36)59)80-34-14(4-49)76-42(30(65)23(34)58)79-33-13(3-48)73-38(68)26(61)22(33)57/h9-68H,1-8H2/t9-,10-,11-,12+,13-,14-,15-,16-,17+,18+,19-,20+,21+,22-,23-,24-,25-,26-,27-,28-,29-,30-,31-,32-,33-,34-,35-,36-,37-,38?,39-,40+,41+,42+,43+,44+,45-/m1/s1. The third kappa shape index (κ3) is 14.3. The molecule has 0 saturated carbocycles. The predicted molar refractivity (Wildman–Crippen MR) is 246 cm³/mol. The smallest absolute Gasteiger partial charge is 0.187 e. The van der Waals surface area contributed by atoms with Gasteiger partial charge in [0.15, 0.2) is 50.3 Å². The van der Waals surface area contributed by atoms with Crippen LogP contribution in [-0.4, -0.2) is 398 Å². The third-order valence-corrected chi connectivity index (χ3v) is 15.5. The zero-order chi connectivity index (χ0) is 60.6. The van der Waals surface area contributed by atoms with Crippen LogP contribution in [0.3, 0.4) is 0 Å². The van der Waals surface area contributed by atoms with Crippen molar-refractivity contribution in [3.8, 4) is 0 Å². The summed E-state index contributed by atoms with van der Waals surface area (Å²) >= 11 is 0. The van der Waals surface area contributed by atoms with Crippen LogP contribution in [0.4, 0.5) is 0 Å². The molecule has 8 aliphatic heterocycles. The van der Waals surface area contributed by atoms with Gasteiger partial charge in [0, 0.05) is 0 Å². The van der Waals surface area contributed by atoms with Crippen LogP contribution in [0.2, 0.25) is 0 Å². The summed E-state index contributed by atoms with van der Waals surface area (Å²) in [5.41, 5.74) is 0. The van der Waals surface area contributed by atoms with E-state index in [1.807, 2.05) is 0 Å². The molecule has 38 heteroatoms. The fraction of sp³-hybridized carbons (Fsp3) is 1.00. The molecule has 0 bridgehead atoms. The molecule has 8 fully saturated rings. The second-order valence-electron chi connectivity index (χ2n) is 21.1. The van der Waals surface area contributed by atoms with E-state index in [0.717, 1.165) is 0 Å². The molecule has 0 spiro atoms. The summed E-state index contributed by atoms with van der Waals surface area (Å²) < 4.78 is 85.0. The normalized spacial score (nSPS) is 53.7. The molecule has 83 heavy (non-hydrogen) atoms. The minimum absolute atomic E-state index is 0.571. The van der Waals surface area contributed by atoms with E-state index in [1.54, 1.807) is 0 Å². The van der Waals surface area contributed by atoms with Gasteiger partial charge in [0.2, 0.25) is 0 Å². The van der Waals surface area contributed by atoms with Gasteiger partial charge in [-0.05, 0) is 0 Å². The van der Waals surface area contributed by atoms with Crippen LogP contribution >= 0.6 is 0 Å². The Labute approximate surface area is 468 Å². The Hall–Kier alpha value is -1.52. The molecule has 1 unspecified atom stereocenters. The van der Waals surface area contributed by atoms with E-state index < -0.39 is 280 Å². The van der Waals surface area contributed by atoms with Crippen molar-refractivity contribution in [2.75, 3.05) is 52.9 Å². The first-order valence-corrected chi connectivity index (χ1v) is 26.4. The Morgan fingerprint density at radius 2 is 0.554 bits per heavy atom. The van der Waals surface area contributed by atoms with E-state index in [4.69, 9.17) is 71.1 Å². The first-order chi connectivity index (χ1) is 39.3. The van der Waals surface area contributed by atoms with Gasteiger partial charge in [0.25, 0.3) is 0 Å². The van der Waals surface area contributed by atoms with Crippen molar-refractivity contribution < 1.29 is 189 Å². The lowest BCUT2D eigenvalue weighted by Gasteiger charge is -2.50. The second kappa shape index (κ2) is 29.0. The highest BCUT2D eigenvalue weighted by Crippen LogP contribution is 2.37. The molecule has 8 heterocycles. The molecule has 484 valence electrons. The Kier molecular flexibility index (Phi) is 23.5. The summed E-state index contributed by atoms with van der Waals surface area (Å²) in [6, 6.07) is 0. The lowest BCUT2D eigenvalue weighted by molar-refractivity contribution is -0.397. The minimum atomic E-state index is -2.37. The molecule has 8 aliphatic rings. The van der Waals surface area contributed by atoms with Gasteiger partial charge in [-0.3, -0.25) is 0 Å². The zero-order valence-electron chi connectivity index (χ0n) is 43.4. The molecule has 23 N–H and O–H groups in total. The average Bonchev–Trinajstić information content (AvgIpc) is 3.76. The van der Waals surface area contributed by atoms with Gasteiger partial charge in [0.05, 0.1) is 52.9 Å². The third-order valence-electron chi connectivity index (χ3n) is 15.5. The summed E-state index contributed by atoms with van der Waals surface area (Å²) in [6.07, 6.45) is -71.9. The van der Waals surface area contributed by atoms with Gasteiger partial charge >= 0.3 is 0 Å². The molecule has 0 radical (unpaired) electrons. The van der Waals surface area contributed by atoms with Crippen LogP contribution < -0.4 is 0 Å². The van der Waals surface area contributed by atoms with Crippen molar-refractivity contribution in [1.82, 2.24) is 0 Å². The highest BCUT2D eigenvalue weighted by atomic mass is 16.8. The van der Waals surface area contributed by atoms with E-state index in [-0.39, 0.29) is 0 Å². The van der Waals surface area contributed by atoms with E-state index >= 15 is 0 Å². The van der Waals surface area contributed by atoms with Crippen molar-refractivity contribution in [1.29, 1.82) is 0 Å². The number of aliphatic hydroxyl groups is 23. The fourth-order valence-corrected chi connectivity index (χ4v) is 10.5. The lowest BCUT2D eigenvalue weighted by Crippen LogP contribution is -2.68. The van der Waals surface area contributed by atoms with Crippen LogP contribution in [-0.2, 0) is 71.1 Å². The van der Waals surface area contributed by atoms with E-state index in [9.17, 15) is 117 Å². The Morgan fingerprint density at radius 1 is 0.253 bits per heavy atom. The number of hydrogen-bond acceptors (Lipinski definition) is 38. The monoisotopic (exact) mass is 1220 g/mol. The van der Waals surface area contributed by atoms with Gasteiger partial charge in [-0.1, -0.05) is 0 Å². The Balaban J connectivity index is 1.05. The summed E-state index contributed by atoms with van der Waals surface area (Å²) in [6.45, 7) is -6.86. The van der Waals surface area contributed by atoms with Crippen molar-refractivity contribution in [2.24, 2.45) is 0 Å². The van der Waals surface area contributed by atoms with Gasteiger partial charge in [-0.15, -0.1) is 0 Å². The maximum atomic E-state index is 12.0. The quantitative estimate of drug-likeness (QED) is 0.0538. The Morgan fingerprint density at radius 3 is 1.00 bits per heavy atom. The van der Waals surface area contributed by atoms with Crippen LogP contribution in [0.25, 0.3) is 0 Å². The minimum Gasteiger partial charge on any atom is -0.394 e. The first kappa shape index (κ1) is 67.4. The highest BCUT2D eigenvalue weighted by molar-refractivity contribution is 5.00. The maximum absolute atomic E-state index is 12.0. The maximum Gasteiger partial charge on any atom is 0.187 e.